The van der Waals surface area contributed by atoms with Crippen LogP contribution >= 0.6 is 23.2 Å². The molecule has 10 heteroatoms. The van der Waals surface area contributed by atoms with Crippen LogP contribution < -0.4 is 10.1 Å². The molecule has 192 valence electrons. The predicted molar refractivity (Wildman–Crippen MR) is 145 cm³/mol. The van der Waals surface area contributed by atoms with Crippen molar-refractivity contribution in [3.05, 3.63) is 81.4 Å². The van der Waals surface area contributed by atoms with E-state index in [2.05, 4.69) is 32.5 Å². The molecule has 1 N–H and O–H groups in total. The van der Waals surface area contributed by atoms with E-state index in [0.717, 1.165) is 53.5 Å². The molecule has 3 heterocycles. The molecule has 0 unspecified atom stereocenters. The van der Waals surface area contributed by atoms with Crippen LogP contribution in [0.15, 0.2) is 59.7 Å². The molecule has 0 radical (unpaired) electrons. The fraction of sp³-hybridized carbons (Fsp3) is 0.296. The van der Waals surface area contributed by atoms with E-state index in [1.165, 1.54) is 0 Å². The Morgan fingerprint density at radius 1 is 1.24 bits per heavy atom. The van der Waals surface area contributed by atoms with Crippen LogP contribution in [0.25, 0.3) is 11.8 Å². The molecule has 37 heavy (non-hydrogen) atoms. The Morgan fingerprint density at radius 2 is 2.05 bits per heavy atom. The number of amides is 1. The van der Waals surface area contributed by atoms with Gasteiger partial charge in [-0.05, 0) is 67.3 Å². The number of hydrogen-bond donors (Lipinski definition) is 1. The second-order valence-electron chi connectivity index (χ2n) is 9.05. The Labute approximate surface area is 225 Å². The minimum absolute atomic E-state index is 0.0452. The quantitative estimate of drug-likeness (QED) is 0.470. The second kappa shape index (κ2) is 10.9. The predicted octanol–water partition coefficient (Wildman–Crippen LogP) is 5.12. The number of nitrogens with zero attached hydrogens (tertiary/aromatic N) is 4. The summed E-state index contributed by atoms with van der Waals surface area (Å²) in [7, 11) is 1.66. The van der Waals surface area contributed by atoms with E-state index >= 15 is 0 Å². The molecule has 1 saturated heterocycles. The highest BCUT2D eigenvalue weighted by atomic mass is 35.5. The summed E-state index contributed by atoms with van der Waals surface area (Å²) in [6.07, 6.45) is 7.71. The van der Waals surface area contributed by atoms with Gasteiger partial charge in [-0.2, -0.15) is 0 Å². The lowest BCUT2D eigenvalue weighted by Crippen LogP contribution is -2.53. The van der Waals surface area contributed by atoms with Gasteiger partial charge in [-0.1, -0.05) is 34.4 Å². The number of carbonyl (C=O) groups is 1. The SMILES string of the molecule is COc1cc(/C=C2\CCCN3C2=NOC[C@@H]3CNC(=O)c2cc(Cl)cc(Cl)c2)ccc1-n1cnc(C)c1. The number of nitrogens with one attached hydrogen (secondary N) is 1. The normalized spacial score (nSPS) is 18.2. The monoisotopic (exact) mass is 539 g/mol. The van der Waals surface area contributed by atoms with Crippen molar-refractivity contribution in [3.63, 3.8) is 0 Å². The van der Waals surface area contributed by atoms with Gasteiger partial charge in [0, 0.05) is 34.9 Å². The highest BCUT2D eigenvalue weighted by Crippen LogP contribution is 2.29. The average Bonchev–Trinajstić information content (AvgIpc) is 3.32. The lowest BCUT2D eigenvalue weighted by Gasteiger charge is -2.40. The smallest absolute Gasteiger partial charge is 0.251 e. The van der Waals surface area contributed by atoms with Gasteiger partial charge in [0.15, 0.2) is 5.84 Å². The summed E-state index contributed by atoms with van der Waals surface area (Å²) >= 11 is 12.1. The summed E-state index contributed by atoms with van der Waals surface area (Å²) in [6, 6.07) is 10.8. The summed E-state index contributed by atoms with van der Waals surface area (Å²) < 4.78 is 7.62. The number of aromatic nitrogens is 2. The lowest BCUT2D eigenvalue weighted by molar-refractivity contribution is 0.0562. The fourth-order valence-corrected chi connectivity index (χ4v) is 5.16. The Morgan fingerprint density at radius 3 is 2.78 bits per heavy atom. The topological polar surface area (TPSA) is 81.0 Å². The van der Waals surface area contributed by atoms with Crippen molar-refractivity contribution in [2.45, 2.75) is 25.8 Å². The van der Waals surface area contributed by atoms with Crippen molar-refractivity contribution in [3.8, 4) is 11.4 Å². The molecule has 2 aromatic carbocycles. The zero-order valence-electron chi connectivity index (χ0n) is 20.6. The van der Waals surface area contributed by atoms with E-state index in [9.17, 15) is 4.79 Å². The zero-order chi connectivity index (χ0) is 25.9. The molecule has 1 amide bonds. The van der Waals surface area contributed by atoms with Gasteiger partial charge >= 0.3 is 0 Å². The Bertz CT molecular complexity index is 1360. The van der Waals surface area contributed by atoms with Gasteiger partial charge in [-0.3, -0.25) is 4.79 Å². The molecule has 2 aliphatic rings. The second-order valence-corrected chi connectivity index (χ2v) is 9.93. The molecular weight excluding hydrogens is 513 g/mol. The molecule has 1 fully saturated rings. The molecule has 2 aliphatic heterocycles. The first-order valence-corrected chi connectivity index (χ1v) is 12.8. The van der Waals surface area contributed by atoms with Crippen LogP contribution in [-0.2, 0) is 4.84 Å². The van der Waals surface area contributed by atoms with Crippen molar-refractivity contribution in [2.24, 2.45) is 5.16 Å². The van der Waals surface area contributed by atoms with Crippen molar-refractivity contribution in [2.75, 3.05) is 26.8 Å². The molecular formula is C27H27Cl2N5O3. The first kappa shape index (κ1) is 25.2. The molecule has 0 aliphatic carbocycles. The third kappa shape index (κ3) is 5.60. The number of hydrogen-bond acceptors (Lipinski definition) is 6. The summed E-state index contributed by atoms with van der Waals surface area (Å²) in [6.45, 7) is 3.59. The fourth-order valence-electron chi connectivity index (χ4n) is 4.64. The summed E-state index contributed by atoms with van der Waals surface area (Å²) in [5.41, 5.74) is 4.37. The maximum Gasteiger partial charge on any atom is 0.251 e. The van der Waals surface area contributed by atoms with Crippen molar-refractivity contribution < 1.29 is 14.4 Å². The van der Waals surface area contributed by atoms with Crippen molar-refractivity contribution >= 4 is 41.0 Å². The summed E-state index contributed by atoms with van der Waals surface area (Å²) in [5.74, 6) is 1.32. The van der Waals surface area contributed by atoms with Gasteiger partial charge in [-0.25, -0.2) is 4.98 Å². The standard InChI is InChI=1S/C27H27Cl2N5O3/c1-17-14-33(16-31-17)24-6-5-18(9-25(24)36-2)8-19-4-3-7-34-23(15-37-32-26(19)34)13-30-27(35)20-10-21(28)12-22(29)11-20/h5-6,8-12,14,16,23H,3-4,7,13,15H2,1-2H3,(H,30,35)/b19-8+/t23-/m0/s1. The van der Waals surface area contributed by atoms with Crippen LogP contribution in [0.5, 0.6) is 5.75 Å². The van der Waals surface area contributed by atoms with E-state index in [1.54, 1.807) is 31.6 Å². The molecule has 3 aromatic rings. The first-order valence-electron chi connectivity index (χ1n) is 12.0. The number of carbonyl (C=O) groups excluding carboxylic acids is 1. The molecule has 5 rings (SSSR count). The third-order valence-electron chi connectivity index (χ3n) is 6.42. The Hall–Kier alpha value is -3.49. The largest absolute Gasteiger partial charge is 0.495 e. The summed E-state index contributed by atoms with van der Waals surface area (Å²) in [4.78, 5) is 24.8. The molecule has 1 aromatic heterocycles. The van der Waals surface area contributed by atoms with Crippen molar-refractivity contribution in [1.29, 1.82) is 0 Å². The first-order chi connectivity index (χ1) is 17.9. The van der Waals surface area contributed by atoms with Gasteiger partial charge in [0.25, 0.3) is 5.91 Å². The van der Waals surface area contributed by atoms with E-state index in [4.69, 9.17) is 32.8 Å². The molecule has 8 nitrogen and oxygen atoms in total. The zero-order valence-corrected chi connectivity index (χ0v) is 22.1. The maximum atomic E-state index is 12.7. The average molecular weight is 540 g/mol. The van der Waals surface area contributed by atoms with E-state index in [-0.39, 0.29) is 11.9 Å². The molecule has 0 spiro atoms. The lowest BCUT2D eigenvalue weighted by atomic mass is 9.98. The summed E-state index contributed by atoms with van der Waals surface area (Å²) in [5, 5.41) is 8.20. The Kier molecular flexibility index (Phi) is 7.39. The number of benzene rings is 2. The number of amidine groups is 1. The van der Waals surface area contributed by atoms with E-state index < -0.39 is 0 Å². The minimum Gasteiger partial charge on any atom is -0.495 e. The van der Waals surface area contributed by atoms with Crippen molar-refractivity contribution in [1.82, 2.24) is 19.8 Å². The highest BCUT2D eigenvalue weighted by Gasteiger charge is 2.32. The number of methoxy groups -OCH3 is 1. The number of ether oxygens (including phenoxy) is 1. The van der Waals surface area contributed by atoms with Gasteiger partial charge < -0.3 is 24.4 Å². The van der Waals surface area contributed by atoms with Gasteiger partial charge in [0.05, 0.1) is 30.9 Å². The van der Waals surface area contributed by atoms with Gasteiger partial charge in [-0.15, -0.1) is 0 Å². The number of fused-ring (bicyclic) bond motifs is 1. The number of aryl methyl sites for hydroxylation is 1. The number of halogens is 2. The molecule has 0 bridgehead atoms. The molecule has 0 saturated carbocycles. The van der Waals surface area contributed by atoms with Crippen LogP contribution in [-0.4, -0.2) is 59.0 Å². The Balaban J connectivity index is 1.32. The minimum atomic E-state index is -0.235. The number of imidazole rings is 1. The van der Waals surface area contributed by atoms with E-state index in [0.29, 0.717) is 28.8 Å². The number of piperidine rings is 1. The van der Waals surface area contributed by atoms with Gasteiger partial charge in [0.2, 0.25) is 0 Å². The molecule has 1 atom stereocenters. The highest BCUT2D eigenvalue weighted by molar-refractivity contribution is 6.35. The van der Waals surface area contributed by atoms with Crippen LogP contribution in [0.2, 0.25) is 10.0 Å². The van der Waals surface area contributed by atoms with Crippen LogP contribution in [0.3, 0.4) is 0 Å². The maximum absolute atomic E-state index is 12.7. The van der Waals surface area contributed by atoms with E-state index in [1.807, 2.05) is 29.8 Å². The third-order valence-corrected chi connectivity index (χ3v) is 6.86. The van der Waals surface area contributed by atoms with Gasteiger partial charge in [0.1, 0.15) is 12.4 Å². The van der Waals surface area contributed by atoms with Crippen LogP contribution in [0.4, 0.5) is 0 Å². The number of oxime groups is 1. The van der Waals surface area contributed by atoms with Crippen LogP contribution in [0.1, 0.15) is 34.5 Å². The van der Waals surface area contributed by atoms with Crippen LogP contribution in [0, 0.1) is 6.92 Å². The number of rotatable bonds is 6.